The predicted molar refractivity (Wildman–Crippen MR) is 162 cm³/mol. The molecular weight excluding hydrogens is 560 g/mol. The highest BCUT2D eigenvalue weighted by atomic mass is 35.5. The van der Waals surface area contributed by atoms with Crippen molar-refractivity contribution >= 4 is 35.2 Å². The zero-order valence-corrected chi connectivity index (χ0v) is 24.6. The van der Waals surface area contributed by atoms with Crippen molar-refractivity contribution in [3.8, 4) is 17.2 Å². The summed E-state index contributed by atoms with van der Waals surface area (Å²) in [5.74, 6) is 1.03. The van der Waals surface area contributed by atoms with Crippen molar-refractivity contribution in [1.29, 1.82) is 0 Å². The number of ether oxygens (including phenoxy) is 1. The molecule has 9 heteroatoms. The standard InChI is InChI=1S/C32H33ClN2O5S/c1-21(41-28-13-10-26(33)11-14-28)18-30(36)34-20-25-19-27(12-8-23(25)9-15-31(37)38)39-17-16-29-22(2)40-32(35-29)24-6-4-3-5-7-24/h3-8,10-14,19,21H,9,15-18,20H2,1-2H3,(H,34,36)(H,37,38). The number of aliphatic carboxylic acids is 1. The van der Waals surface area contributed by atoms with Gasteiger partial charge < -0.3 is 19.6 Å². The van der Waals surface area contributed by atoms with Crippen molar-refractivity contribution in [1.82, 2.24) is 10.3 Å². The van der Waals surface area contributed by atoms with Crippen molar-refractivity contribution < 1.29 is 23.8 Å². The van der Waals surface area contributed by atoms with Gasteiger partial charge in [-0.3, -0.25) is 9.59 Å². The highest BCUT2D eigenvalue weighted by molar-refractivity contribution is 8.00. The molecule has 0 aliphatic carbocycles. The van der Waals surface area contributed by atoms with Gasteiger partial charge in [-0.05, 0) is 73.0 Å². The molecule has 1 aromatic heterocycles. The molecule has 1 amide bonds. The number of aryl methyl sites for hydroxylation is 2. The number of nitrogens with zero attached hydrogens (tertiary/aromatic N) is 1. The molecule has 4 rings (SSSR count). The fraction of sp³-hybridized carbons (Fsp3) is 0.281. The second-order valence-corrected chi connectivity index (χ2v) is 11.6. The van der Waals surface area contributed by atoms with Crippen LogP contribution in [0.2, 0.25) is 5.02 Å². The van der Waals surface area contributed by atoms with Crippen LogP contribution in [0.4, 0.5) is 0 Å². The number of aromatic nitrogens is 1. The number of amides is 1. The van der Waals surface area contributed by atoms with Crippen molar-refractivity contribution in [3.05, 3.63) is 100 Å². The molecule has 0 saturated carbocycles. The number of rotatable bonds is 14. The summed E-state index contributed by atoms with van der Waals surface area (Å²) in [4.78, 5) is 29.6. The number of carbonyl (C=O) groups is 2. The van der Waals surface area contributed by atoms with E-state index in [1.807, 2.05) is 86.6 Å². The number of carboxylic acid groups (broad SMARTS) is 1. The molecule has 0 saturated heterocycles. The Kier molecular flexibility index (Phi) is 10.9. The maximum absolute atomic E-state index is 12.7. The molecular formula is C32H33ClN2O5S. The zero-order chi connectivity index (χ0) is 29.2. The minimum Gasteiger partial charge on any atom is -0.493 e. The van der Waals surface area contributed by atoms with Gasteiger partial charge in [-0.2, -0.15) is 0 Å². The molecule has 1 heterocycles. The topological polar surface area (TPSA) is 102 Å². The summed E-state index contributed by atoms with van der Waals surface area (Å²) < 4.78 is 11.9. The zero-order valence-electron chi connectivity index (χ0n) is 23.1. The van der Waals surface area contributed by atoms with E-state index < -0.39 is 5.97 Å². The summed E-state index contributed by atoms with van der Waals surface area (Å²) in [6.07, 6.45) is 1.28. The third kappa shape index (κ3) is 9.40. The summed E-state index contributed by atoms with van der Waals surface area (Å²) in [6.45, 7) is 4.57. The third-order valence-electron chi connectivity index (χ3n) is 6.41. The van der Waals surface area contributed by atoms with Crippen LogP contribution in [0.1, 0.15) is 42.3 Å². The van der Waals surface area contributed by atoms with Gasteiger partial charge in [0.2, 0.25) is 11.8 Å². The summed E-state index contributed by atoms with van der Waals surface area (Å²) >= 11 is 7.57. The first-order chi connectivity index (χ1) is 19.8. The van der Waals surface area contributed by atoms with E-state index in [0.717, 1.165) is 33.0 Å². The predicted octanol–water partition coefficient (Wildman–Crippen LogP) is 7.13. The normalized spacial score (nSPS) is 11.7. The molecule has 0 bridgehead atoms. The Balaban J connectivity index is 1.34. The van der Waals surface area contributed by atoms with Gasteiger partial charge in [0, 0.05) is 46.5 Å². The maximum atomic E-state index is 12.7. The van der Waals surface area contributed by atoms with Crippen molar-refractivity contribution in [3.63, 3.8) is 0 Å². The SMILES string of the molecule is Cc1oc(-c2ccccc2)nc1CCOc1ccc(CCC(=O)O)c(CNC(=O)CC(C)Sc2ccc(Cl)cc2)c1. The number of oxazole rings is 1. The van der Waals surface area contributed by atoms with E-state index in [1.165, 1.54) is 0 Å². The fourth-order valence-corrected chi connectivity index (χ4v) is 5.40. The molecule has 0 spiro atoms. The Hall–Kier alpha value is -3.75. The lowest BCUT2D eigenvalue weighted by molar-refractivity contribution is -0.137. The highest BCUT2D eigenvalue weighted by Gasteiger charge is 2.14. The largest absolute Gasteiger partial charge is 0.493 e. The minimum atomic E-state index is -0.869. The van der Waals surface area contributed by atoms with Crippen molar-refractivity contribution in [2.45, 2.75) is 56.2 Å². The van der Waals surface area contributed by atoms with Crippen LogP contribution in [-0.2, 0) is 29.0 Å². The summed E-state index contributed by atoms with van der Waals surface area (Å²) in [5, 5.41) is 12.9. The lowest BCUT2D eigenvalue weighted by Gasteiger charge is -2.15. The van der Waals surface area contributed by atoms with E-state index in [-0.39, 0.29) is 24.1 Å². The quantitative estimate of drug-likeness (QED) is 0.150. The first-order valence-corrected chi connectivity index (χ1v) is 14.7. The van der Waals surface area contributed by atoms with E-state index in [1.54, 1.807) is 11.8 Å². The number of carboxylic acids is 1. The monoisotopic (exact) mass is 592 g/mol. The minimum absolute atomic E-state index is 0.00506. The van der Waals surface area contributed by atoms with Crippen LogP contribution in [0.15, 0.2) is 82.1 Å². The lowest BCUT2D eigenvalue weighted by atomic mass is 10.0. The smallest absolute Gasteiger partial charge is 0.303 e. The molecule has 41 heavy (non-hydrogen) atoms. The van der Waals surface area contributed by atoms with E-state index >= 15 is 0 Å². The van der Waals surface area contributed by atoms with Crippen LogP contribution in [0.3, 0.4) is 0 Å². The Morgan fingerprint density at radius 3 is 2.54 bits per heavy atom. The summed E-state index contributed by atoms with van der Waals surface area (Å²) in [7, 11) is 0. The molecule has 2 N–H and O–H groups in total. The highest BCUT2D eigenvalue weighted by Crippen LogP contribution is 2.27. The van der Waals surface area contributed by atoms with Crippen molar-refractivity contribution in [2.24, 2.45) is 0 Å². The molecule has 3 aromatic carbocycles. The molecule has 1 atom stereocenters. The number of halogens is 1. The lowest BCUT2D eigenvalue weighted by Crippen LogP contribution is -2.25. The molecule has 0 aliphatic rings. The van der Waals surface area contributed by atoms with E-state index in [4.69, 9.17) is 20.8 Å². The van der Waals surface area contributed by atoms with Crippen LogP contribution >= 0.6 is 23.4 Å². The molecule has 1 unspecified atom stereocenters. The third-order valence-corrected chi connectivity index (χ3v) is 7.77. The van der Waals surface area contributed by atoms with Crippen LogP contribution in [-0.4, -0.2) is 33.8 Å². The van der Waals surface area contributed by atoms with Gasteiger partial charge in [0.15, 0.2) is 0 Å². The molecule has 4 aromatic rings. The fourth-order valence-electron chi connectivity index (χ4n) is 4.29. The summed E-state index contributed by atoms with van der Waals surface area (Å²) in [5.41, 5.74) is 3.45. The first-order valence-electron chi connectivity index (χ1n) is 13.4. The van der Waals surface area contributed by atoms with Crippen LogP contribution < -0.4 is 10.1 Å². The van der Waals surface area contributed by atoms with Crippen LogP contribution in [0.5, 0.6) is 5.75 Å². The van der Waals surface area contributed by atoms with E-state index in [9.17, 15) is 14.7 Å². The van der Waals surface area contributed by atoms with Gasteiger partial charge in [-0.1, -0.05) is 42.8 Å². The van der Waals surface area contributed by atoms with E-state index in [2.05, 4.69) is 10.3 Å². The van der Waals surface area contributed by atoms with Crippen LogP contribution in [0, 0.1) is 6.92 Å². The second kappa shape index (κ2) is 14.8. The Morgan fingerprint density at radius 2 is 1.80 bits per heavy atom. The number of thioether (sulfide) groups is 1. The average Bonchev–Trinajstić information content (AvgIpc) is 3.33. The maximum Gasteiger partial charge on any atom is 0.303 e. The number of carbonyl (C=O) groups excluding carboxylic acids is 1. The van der Waals surface area contributed by atoms with E-state index in [0.29, 0.717) is 42.5 Å². The molecule has 0 fully saturated rings. The van der Waals surface area contributed by atoms with Gasteiger partial charge in [0.05, 0.1) is 12.3 Å². The van der Waals surface area contributed by atoms with Gasteiger partial charge in [0.25, 0.3) is 0 Å². The van der Waals surface area contributed by atoms with Gasteiger partial charge in [-0.25, -0.2) is 4.98 Å². The molecule has 0 aliphatic heterocycles. The summed E-state index contributed by atoms with van der Waals surface area (Å²) in [6, 6.07) is 22.9. The molecule has 7 nitrogen and oxygen atoms in total. The first kappa shape index (κ1) is 30.2. The number of nitrogens with one attached hydrogen (secondary N) is 1. The van der Waals surface area contributed by atoms with Crippen molar-refractivity contribution in [2.75, 3.05) is 6.61 Å². The number of hydrogen-bond acceptors (Lipinski definition) is 6. The number of benzene rings is 3. The second-order valence-electron chi connectivity index (χ2n) is 9.67. The Bertz CT molecular complexity index is 1460. The Morgan fingerprint density at radius 1 is 1.05 bits per heavy atom. The molecule has 214 valence electrons. The average molecular weight is 593 g/mol. The molecule has 0 radical (unpaired) electrons. The van der Waals surface area contributed by atoms with Crippen LogP contribution in [0.25, 0.3) is 11.5 Å². The van der Waals surface area contributed by atoms with Gasteiger partial charge in [0.1, 0.15) is 11.5 Å². The number of hydrogen-bond donors (Lipinski definition) is 2. The van der Waals surface area contributed by atoms with Gasteiger partial charge in [-0.15, -0.1) is 11.8 Å². The van der Waals surface area contributed by atoms with Gasteiger partial charge >= 0.3 is 5.97 Å². The Labute approximate surface area is 249 Å².